The normalized spacial score (nSPS) is 21.7. The van der Waals surface area contributed by atoms with Gasteiger partial charge < -0.3 is 27.4 Å². The van der Waals surface area contributed by atoms with Crippen LogP contribution in [0.5, 0.6) is 0 Å². The maximum Gasteiger partial charge on any atom is 0.246 e. The Labute approximate surface area is 173 Å². The standard InChI is InChI=1S/C20H38N6O3/c1-3-20(4-2)18(29)25-15(11-10-14-24-19(21)22)17(28)23-13-9-7-5-6-8-12-16(27)26-20/h15H,3-14H2,1-2H3,(H,23,28)(H,25,29)(H,26,27)(H4,21,22,24)/t15-/m0/s1. The topological polar surface area (TPSA) is 152 Å². The summed E-state index contributed by atoms with van der Waals surface area (Å²) in [6, 6.07) is -0.698. The highest BCUT2D eigenvalue weighted by atomic mass is 16.2. The van der Waals surface area contributed by atoms with Gasteiger partial charge in [0.15, 0.2) is 5.96 Å². The van der Waals surface area contributed by atoms with Crippen LogP contribution >= 0.6 is 0 Å². The van der Waals surface area contributed by atoms with Gasteiger partial charge in [0.25, 0.3) is 0 Å². The highest BCUT2D eigenvalue weighted by Crippen LogP contribution is 2.18. The van der Waals surface area contributed by atoms with E-state index < -0.39 is 11.6 Å². The van der Waals surface area contributed by atoms with E-state index in [1.54, 1.807) is 0 Å². The minimum Gasteiger partial charge on any atom is -0.370 e. The van der Waals surface area contributed by atoms with Crippen molar-refractivity contribution in [3.05, 3.63) is 0 Å². The molecular weight excluding hydrogens is 372 g/mol. The van der Waals surface area contributed by atoms with Crippen molar-refractivity contribution in [2.75, 3.05) is 13.1 Å². The molecule has 0 radical (unpaired) electrons. The van der Waals surface area contributed by atoms with Crippen molar-refractivity contribution >= 4 is 23.7 Å². The molecule has 9 nitrogen and oxygen atoms in total. The molecule has 1 saturated heterocycles. The van der Waals surface area contributed by atoms with Gasteiger partial charge in [0.2, 0.25) is 17.7 Å². The molecule has 1 fully saturated rings. The van der Waals surface area contributed by atoms with Crippen LogP contribution in [0.15, 0.2) is 4.99 Å². The van der Waals surface area contributed by atoms with Gasteiger partial charge in [0.1, 0.15) is 11.6 Å². The Bertz CT molecular complexity index is 571. The Balaban J connectivity index is 2.96. The SMILES string of the molecule is CCC1(CC)NC(=O)CCCCCCCNC(=O)[C@H](CCCN=C(N)N)NC1=O. The number of nitrogens with two attached hydrogens (primary N) is 2. The molecule has 1 aliphatic rings. The van der Waals surface area contributed by atoms with Crippen molar-refractivity contribution in [1.29, 1.82) is 0 Å². The molecule has 0 aromatic rings. The summed E-state index contributed by atoms with van der Waals surface area (Å²) in [5, 5.41) is 8.71. The molecule has 1 aliphatic heterocycles. The van der Waals surface area contributed by atoms with E-state index in [9.17, 15) is 14.4 Å². The molecule has 3 amide bonds. The Morgan fingerprint density at radius 2 is 1.72 bits per heavy atom. The second kappa shape index (κ2) is 13.0. The predicted octanol–water partition coefficient (Wildman–Crippen LogP) is 0.670. The maximum atomic E-state index is 13.1. The van der Waals surface area contributed by atoms with Crippen molar-refractivity contribution in [2.45, 2.75) is 89.6 Å². The summed E-state index contributed by atoms with van der Waals surface area (Å²) in [6.45, 7) is 4.69. The highest BCUT2D eigenvalue weighted by Gasteiger charge is 2.38. The van der Waals surface area contributed by atoms with Crippen LogP contribution in [0.3, 0.4) is 0 Å². The van der Waals surface area contributed by atoms with E-state index in [0.29, 0.717) is 45.2 Å². The molecular formula is C20H38N6O3. The molecule has 0 unspecified atom stereocenters. The number of nitrogens with one attached hydrogen (secondary N) is 3. The van der Waals surface area contributed by atoms with Crippen molar-refractivity contribution in [2.24, 2.45) is 16.5 Å². The molecule has 1 rings (SSSR count). The Kier molecular flexibility index (Phi) is 11.1. The van der Waals surface area contributed by atoms with Gasteiger partial charge in [-0.05, 0) is 38.5 Å². The van der Waals surface area contributed by atoms with Gasteiger partial charge in [-0.2, -0.15) is 0 Å². The average Bonchev–Trinajstić information content (AvgIpc) is 2.69. The average molecular weight is 411 g/mol. The van der Waals surface area contributed by atoms with E-state index in [1.807, 2.05) is 13.8 Å². The molecule has 1 atom stereocenters. The number of nitrogens with zero attached hydrogens (tertiary/aromatic N) is 1. The predicted molar refractivity (Wildman–Crippen MR) is 114 cm³/mol. The lowest BCUT2D eigenvalue weighted by Gasteiger charge is -2.33. The molecule has 0 spiro atoms. The van der Waals surface area contributed by atoms with Gasteiger partial charge in [0, 0.05) is 19.5 Å². The number of rotatable bonds is 6. The van der Waals surface area contributed by atoms with Gasteiger partial charge in [-0.15, -0.1) is 0 Å². The van der Waals surface area contributed by atoms with Crippen LogP contribution in [0.25, 0.3) is 0 Å². The third-order valence-electron chi connectivity index (χ3n) is 5.47. The summed E-state index contributed by atoms with van der Waals surface area (Å²) < 4.78 is 0. The molecule has 1 heterocycles. The molecule has 0 aromatic heterocycles. The van der Waals surface area contributed by atoms with Gasteiger partial charge in [0.05, 0.1) is 0 Å². The first kappa shape index (κ1) is 24.7. The molecule has 7 N–H and O–H groups in total. The number of aliphatic imine (C=N–C) groups is 1. The van der Waals surface area contributed by atoms with Crippen molar-refractivity contribution in [3.63, 3.8) is 0 Å². The zero-order valence-corrected chi connectivity index (χ0v) is 17.9. The first-order chi connectivity index (χ1) is 13.8. The number of hydrogen-bond donors (Lipinski definition) is 5. The molecule has 29 heavy (non-hydrogen) atoms. The van der Waals surface area contributed by atoms with Crippen LogP contribution in [0.4, 0.5) is 0 Å². The van der Waals surface area contributed by atoms with Crippen LogP contribution in [0.2, 0.25) is 0 Å². The second-order valence-corrected chi connectivity index (χ2v) is 7.62. The lowest BCUT2D eigenvalue weighted by molar-refractivity contribution is -0.136. The number of carbonyl (C=O) groups is 3. The second-order valence-electron chi connectivity index (χ2n) is 7.62. The van der Waals surface area contributed by atoms with E-state index in [0.717, 1.165) is 32.1 Å². The molecule has 9 heteroatoms. The lowest BCUT2D eigenvalue weighted by atomic mass is 9.90. The van der Waals surface area contributed by atoms with Gasteiger partial charge in [-0.3, -0.25) is 19.4 Å². The van der Waals surface area contributed by atoms with Gasteiger partial charge >= 0.3 is 0 Å². The van der Waals surface area contributed by atoms with Crippen LogP contribution in [0.1, 0.15) is 78.1 Å². The fraction of sp³-hybridized carbons (Fsp3) is 0.800. The van der Waals surface area contributed by atoms with E-state index >= 15 is 0 Å². The van der Waals surface area contributed by atoms with E-state index in [4.69, 9.17) is 11.5 Å². The summed E-state index contributed by atoms with van der Waals surface area (Å²) in [7, 11) is 0. The fourth-order valence-electron chi connectivity index (χ4n) is 3.48. The van der Waals surface area contributed by atoms with Gasteiger partial charge in [-0.1, -0.05) is 33.1 Å². The van der Waals surface area contributed by atoms with Crippen LogP contribution in [0, 0.1) is 0 Å². The minimum absolute atomic E-state index is 0.000691. The molecule has 0 bridgehead atoms. The zero-order valence-electron chi connectivity index (χ0n) is 17.9. The largest absolute Gasteiger partial charge is 0.370 e. The van der Waals surface area contributed by atoms with Crippen LogP contribution in [-0.4, -0.2) is 48.4 Å². The molecule has 166 valence electrons. The van der Waals surface area contributed by atoms with Crippen molar-refractivity contribution < 1.29 is 14.4 Å². The lowest BCUT2D eigenvalue weighted by Crippen LogP contribution is -2.61. The van der Waals surface area contributed by atoms with Crippen molar-refractivity contribution in [1.82, 2.24) is 16.0 Å². The first-order valence-electron chi connectivity index (χ1n) is 10.8. The number of carbonyl (C=O) groups excluding carboxylic acids is 3. The summed E-state index contributed by atoms with van der Waals surface area (Å²) in [4.78, 5) is 42.1. The van der Waals surface area contributed by atoms with Crippen molar-refractivity contribution in [3.8, 4) is 0 Å². The van der Waals surface area contributed by atoms with Crippen LogP contribution in [-0.2, 0) is 14.4 Å². The number of hydrogen-bond acceptors (Lipinski definition) is 4. The number of guanidine groups is 1. The van der Waals surface area contributed by atoms with E-state index in [2.05, 4.69) is 20.9 Å². The maximum absolute atomic E-state index is 13.1. The molecule has 0 aromatic carbocycles. The Morgan fingerprint density at radius 1 is 1.07 bits per heavy atom. The summed E-state index contributed by atoms with van der Waals surface area (Å²) in [6.07, 6.45) is 6.93. The summed E-state index contributed by atoms with van der Waals surface area (Å²) in [5.41, 5.74) is 9.66. The quantitative estimate of drug-likeness (QED) is 0.248. The summed E-state index contributed by atoms with van der Waals surface area (Å²) >= 11 is 0. The van der Waals surface area contributed by atoms with Crippen LogP contribution < -0.4 is 27.4 Å². The third-order valence-corrected chi connectivity index (χ3v) is 5.47. The Morgan fingerprint density at radius 3 is 2.38 bits per heavy atom. The monoisotopic (exact) mass is 410 g/mol. The van der Waals surface area contributed by atoms with Gasteiger partial charge in [-0.25, -0.2) is 0 Å². The minimum atomic E-state index is -1.02. The smallest absolute Gasteiger partial charge is 0.246 e. The summed E-state index contributed by atoms with van der Waals surface area (Å²) in [5.74, 6) is -0.662. The molecule has 0 saturated carbocycles. The Hall–Kier alpha value is -2.32. The van der Waals surface area contributed by atoms with E-state index in [-0.39, 0.29) is 23.7 Å². The molecule has 0 aliphatic carbocycles. The highest BCUT2D eigenvalue weighted by molar-refractivity contribution is 5.94. The first-order valence-corrected chi connectivity index (χ1v) is 10.8. The zero-order chi connectivity index (χ0) is 21.7. The fourth-order valence-corrected chi connectivity index (χ4v) is 3.48. The van der Waals surface area contributed by atoms with E-state index in [1.165, 1.54) is 0 Å². The number of amides is 3. The third kappa shape index (κ3) is 8.70.